The minimum Gasteiger partial charge on any atom is -0.214 e. The van der Waals surface area contributed by atoms with E-state index in [0.717, 1.165) is 33.5 Å². The molecule has 1 aromatic heterocycles. The van der Waals surface area contributed by atoms with Crippen LogP contribution < -0.4 is 4.57 Å². The van der Waals surface area contributed by atoms with Gasteiger partial charge in [-0.05, 0) is 16.7 Å². The van der Waals surface area contributed by atoms with Crippen LogP contribution in [0.1, 0.15) is 27.2 Å². The van der Waals surface area contributed by atoms with Crippen LogP contribution in [-0.2, 0) is 0 Å². The first kappa shape index (κ1) is 14.3. The van der Waals surface area contributed by atoms with Gasteiger partial charge in [0, 0.05) is 12.1 Å². The van der Waals surface area contributed by atoms with Gasteiger partial charge in [-0.25, -0.2) is 4.79 Å². The van der Waals surface area contributed by atoms with Crippen molar-refractivity contribution in [2.24, 2.45) is 0 Å². The molecule has 0 saturated carbocycles. The molecule has 0 saturated heterocycles. The molecule has 114 valence electrons. The van der Waals surface area contributed by atoms with Crippen LogP contribution in [0.3, 0.4) is 0 Å². The van der Waals surface area contributed by atoms with Crippen LogP contribution >= 0.6 is 0 Å². The van der Waals surface area contributed by atoms with Gasteiger partial charge in [0.05, 0.1) is 5.57 Å². The first-order valence-corrected chi connectivity index (χ1v) is 7.88. The van der Waals surface area contributed by atoms with Crippen LogP contribution in [0.4, 0.5) is 0 Å². The molecule has 0 radical (unpaired) electrons. The maximum atomic E-state index is 13.1. The Labute approximate surface area is 141 Å². The lowest BCUT2D eigenvalue weighted by Crippen LogP contribution is -2.41. The highest BCUT2D eigenvalue weighted by atomic mass is 16.2. The second-order valence-electron chi connectivity index (χ2n) is 5.71. The molecule has 2 heteroatoms. The second-order valence-corrected chi connectivity index (χ2v) is 5.71. The fraction of sp³-hybridized carbons (Fsp3) is 0. The summed E-state index contributed by atoms with van der Waals surface area (Å²) in [6.07, 6.45) is 3.63. The summed E-state index contributed by atoms with van der Waals surface area (Å²) in [6, 6.07) is 23.8. The van der Waals surface area contributed by atoms with Crippen molar-refractivity contribution in [1.82, 2.24) is 0 Å². The maximum absolute atomic E-state index is 13.1. The second kappa shape index (κ2) is 5.74. The molecule has 0 spiro atoms. The Kier molecular flexibility index (Phi) is 3.43. The summed E-state index contributed by atoms with van der Waals surface area (Å²) in [5, 5.41) is 0. The van der Waals surface area contributed by atoms with Gasteiger partial charge in [0.15, 0.2) is 6.20 Å². The average Bonchev–Trinajstić information content (AvgIpc) is 2.95. The minimum absolute atomic E-state index is 0.00525. The lowest BCUT2D eigenvalue weighted by Gasteiger charge is -2.03. The largest absolute Gasteiger partial charge is 0.426 e. The van der Waals surface area contributed by atoms with Gasteiger partial charge >= 0.3 is 5.91 Å². The zero-order chi connectivity index (χ0) is 16.5. The van der Waals surface area contributed by atoms with Crippen LogP contribution in [-0.4, -0.2) is 5.91 Å². The van der Waals surface area contributed by atoms with Crippen LogP contribution in [0.15, 0.2) is 85.6 Å². The quantitative estimate of drug-likeness (QED) is 0.663. The predicted molar refractivity (Wildman–Crippen MR) is 96.2 cm³/mol. The average molecular weight is 310 g/mol. The number of carbonyl (C=O) groups excluding carboxylic acids is 1. The number of rotatable bonds is 3. The van der Waals surface area contributed by atoms with Gasteiger partial charge in [-0.3, -0.25) is 0 Å². The SMILES string of the molecule is C=Cc1cc[n+]2c(c1)C(c1ccccc1)=C(c1ccccc1)C2=O. The van der Waals surface area contributed by atoms with E-state index in [9.17, 15) is 4.79 Å². The Bertz CT molecular complexity index is 969. The molecule has 1 aliphatic heterocycles. The number of fused-ring (bicyclic) bond motifs is 1. The molecule has 2 heterocycles. The summed E-state index contributed by atoms with van der Waals surface area (Å²) >= 11 is 0. The third kappa shape index (κ3) is 2.20. The Morgan fingerprint density at radius 1 is 0.792 bits per heavy atom. The van der Waals surface area contributed by atoms with Gasteiger partial charge in [0.1, 0.15) is 5.57 Å². The number of hydrogen-bond donors (Lipinski definition) is 0. The summed E-state index contributed by atoms with van der Waals surface area (Å²) in [5.74, 6) is 0.00525. The van der Waals surface area contributed by atoms with Crippen molar-refractivity contribution in [3.8, 4) is 0 Å². The molecule has 2 aromatic carbocycles. The van der Waals surface area contributed by atoms with E-state index >= 15 is 0 Å². The molecule has 0 fully saturated rings. The normalized spacial score (nSPS) is 13.1. The van der Waals surface area contributed by atoms with Crippen molar-refractivity contribution in [2.75, 3.05) is 0 Å². The van der Waals surface area contributed by atoms with Crippen molar-refractivity contribution in [2.45, 2.75) is 0 Å². The summed E-state index contributed by atoms with van der Waals surface area (Å²) in [4.78, 5) is 13.1. The number of aromatic nitrogens is 1. The first-order valence-electron chi connectivity index (χ1n) is 7.88. The molecular weight excluding hydrogens is 294 g/mol. The van der Waals surface area contributed by atoms with E-state index in [1.165, 1.54) is 0 Å². The molecule has 2 nitrogen and oxygen atoms in total. The van der Waals surface area contributed by atoms with Crippen LogP contribution in [0, 0.1) is 0 Å². The lowest BCUT2D eigenvalue weighted by molar-refractivity contribution is -0.568. The van der Waals surface area contributed by atoms with Gasteiger partial charge in [-0.2, -0.15) is 0 Å². The monoisotopic (exact) mass is 310 g/mol. The molecule has 0 N–H and O–H groups in total. The van der Waals surface area contributed by atoms with Crippen molar-refractivity contribution in [1.29, 1.82) is 0 Å². The lowest BCUT2D eigenvalue weighted by atomic mass is 9.94. The number of pyridine rings is 1. The van der Waals surface area contributed by atoms with Gasteiger partial charge < -0.3 is 0 Å². The van der Waals surface area contributed by atoms with Gasteiger partial charge in [0.2, 0.25) is 5.69 Å². The molecule has 0 amide bonds. The Hall–Kier alpha value is -3.26. The van der Waals surface area contributed by atoms with Gasteiger partial charge in [-0.15, -0.1) is 4.57 Å². The van der Waals surface area contributed by atoms with Crippen LogP contribution in [0.25, 0.3) is 17.2 Å². The predicted octanol–water partition coefficient (Wildman–Crippen LogP) is 4.23. The zero-order valence-corrected chi connectivity index (χ0v) is 13.1. The summed E-state index contributed by atoms with van der Waals surface area (Å²) < 4.78 is 1.72. The van der Waals surface area contributed by atoms with E-state index < -0.39 is 0 Å². The molecule has 0 unspecified atom stereocenters. The molecule has 0 aliphatic carbocycles. The van der Waals surface area contributed by atoms with E-state index in [4.69, 9.17) is 0 Å². The van der Waals surface area contributed by atoms with Crippen molar-refractivity contribution in [3.05, 3.63) is 108 Å². The smallest absolute Gasteiger partial charge is 0.214 e. The Morgan fingerprint density at radius 3 is 1.96 bits per heavy atom. The molecule has 0 bridgehead atoms. The number of carbonyl (C=O) groups is 1. The first-order chi connectivity index (χ1) is 11.8. The third-order valence-corrected chi connectivity index (χ3v) is 4.28. The molecule has 1 aliphatic rings. The highest BCUT2D eigenvalue weighted by molar-refractivity contribution is 6.28. The summed E-state index contributed by atoms with van der Waals surface area (Å²) in [7, 11) is 0. The van der Waals surface area contributed by atoms with Gasteiger partial charge in [0.25, 0.3) is 0 Å². The number of hydrogen-bond acceptors (Lipinski definition) is 1. The number of nitrogens with zero attached hydrogens (tertiary/aromatic N) is 1. The van der Waals surface area contributed by atoms with Crippen molar-refractivity contribution < 1.29 is 9.36 Å². The molecule has 0 atom stereocenters. The third-order valence-electron chi connectivity index (χ3n) is 4.28. The van der Waals surface area contributed by atoms with E-state index in [2.05, 4.69) is 6.58 Å². The molecule has 24 heavy (non-hydrogen) atoms. The van der Waals surface area contributed by atoms with E-state index in [-0.39, 0.29) is 5.91 Å². The molecular formula is C22H16NO+. The number of benzene rings is 2. The minimum atomic E-state index is 0.00525. The van der Waals surface area contributed by atoms with Crippen molar-refractivity contribution in [3.63, 3.8) is 0 Å². The van der Waals surface area contributed by atoms with E-state index in [1.807, 2.05) is 79.0 Å². The molecule has 3 aromatic rings. The fourth-order valence-electron chi connectivity index (χ4n) is 3.14. The van der Waals surface area contributed by atoms with E-state index in [1.54, 1.807) is 10.6 Å². The van der Waals surface area contributed by atoms with Gasteiger partial charge in [-0.1, -0.05) is 73.3 Å². The molecule has 4 rings (SSSR count). The highest BCUT2D eigenvalue weighted by Crippen LogP contribution is 2.35. The van der Waals surface area contributed by atoms with Crippen LogP contribution in [0.5, 0.6) is 0 Å². The maximum Gasteiger partial charge on any atom is 0.426 e. The Morgan fingerprint density at radius 2 is 1.38 bits per heavy atom. The topological polar surface area (TPSA) is 20.9 Å². The number of allylic oxidation sites excluding steroid dienone is 1. The fourth-order valence-corrected chi connectivity index (χ4v) is 3.14. The summed E-state index contributed by atoms with van der Waals surface area (Å²) in [5.41, 5.74) is 5.58. The van der Waals surface area contributed by atoms with Crippen molar-refractivity contribution >= 4 is 23.1 Å². The van der Waals surface area contributed by atoms with E-state index in [0.29, 0.717) is 0 Å². The highest BCUT2D eigenvalue weighted by Gasteiger charge is 2.39. The Balaban J connectivity index is 2.05. The zero-order valence-electron chi connectivity index (χ0n) is 13.1. The summed E-state index contributed by atoms with van der Waals surface area (Å²) in [6.45, 7) is 3.84. The standard InChI is InChI=1S/C22H16NO/c1-2-16-13-14-23-19(15-16)20(17-9-5-3-6-10-17)21(22(23)24)18-11-7-4-8-12-18/h2-15H,1H2/q+1. The van der Waals surface area contributed by atoms with Crippen LogP contribution in [0.2, 0.25) is 0 Å².